The molecule has 2 aromatic carbocycles. The van der Waals surface area contributed by atoms with Gasteiger partial charge in [0.15, 0.2) is 0 Å². The highest BCUT2D eigenvalue weighted by Gasteiger charge is 2.35. The van der Waals surface area contributed by atoms with Crippen molar-refractivity contribution in [3.8, 4) is 0 Å². The molecule has 2 N–H and O–H groups in total. The average Bonchev–Trinajstić information content (AvgIpc) is 3.16. The van der Waals surface area contributed by atoms with Crippen molar-refractivity contribution in [2.24, 2.45) is 0 Å². The first-order chi connectivity index (χ1) is 15.2. The first kappa shape index (κ1) is 22.3. The maximum Gasteiger partial charge on any atom is 0.305 e. The predicted molar refractivity (Wildman–Crippen MR) is 108 cm³/mol. The molecule has 10 nitrogen and oxygen atoms in total. The Hall–Kier alpha value is -4.34. The van der Waals surface area contributed by atoms with Gasteiger partial charge in [0, 0.05) is 13.1 Å². The van der Waals surface area contributed by atoms with Crippen molar-refractivity contribution in [3.63, 3.8) is 0 Å². The number of benzene rings is 2. The van der Waals surface area contributed by atoms with E-state index in [9.17, 15) is 28.8 Å². The Kier molecular flexibility index (Phi) is 6.43. The van der Waals surface area contributed by atoms with Crippen LogP contribution in [0, 0.1) is 0 Å². The van der Waals surface area contributed by atoms with Gasteiger partial charge in [-0.1, -0.05) is 24.3 Å². The van der Waals surface area contributed by atoms with Crippen LogP contribution in [0.3, 0.4) is 0 Å². The first-order valence-electron chi connectivity index (χ1n) is 9.56. The summed E-state index contributed by atoms with van der Waals surface area (Å²) in [6.07, 6.45) is -0.461. The van der Waals surface area contributed by atoms with Crippen LogP contribution in [0.5, 0.6) is 0 Å². The van der Waals surface area contributed by atoms with Crippen LogP contribution in [0.15, 0.2) is 48.5 Å². The zero-order valence-corrected chi connectivity index (χ0v) is 16.7. The smallest absolute Gasteiger partial charge is 0.305 e. The van der Waals surface area contributed by atoms with Crippen molar-refractivity contribution >= 4 is 35.6 Å². The second-order valence-corrected chi connectivity index (χ2v) is 6.90. The molecule has 0 fully saturated rings. The molecule has 32 heavy (non-hydrogen) atoms. The van der Waals surface area contributed by atoms with E-state index in [1.54, 1.807) is 48.5 Å². The van der Waals surface area contributed by atoms with E-state index in [4.69, 9.17) is 10.2 Å². The number of rotatable bonds is 6. The van der Waals surface area contributed by atoms with Crippen molar-refractivity contribution in [1.82, 2.24) is 9.80 Å². The second-order valence-electron chi connectivity index (χ2n) is 6.90. The predicted octanol–water partition coefficient (Wildman–Crippen LogP) is 1.51. The summed E-state index contributed by atoms with van der Waals surface area (Å²) in [5.74, 6) is -3.72. The number of carbonyl (C=O) groups is 6. The Morgan fingerprint density at radius 3 is 1.03 bits per heavy atom. The molecular weight excluding hydrogens is 420 g/mol. The Morgan fingerprint density at radius 1 is 0.562 bits per heavy atom. The topological polar surface area (TPSA) is 149 Å². The highest BCUT2D eigenvalue weighted by Crippen LogP contribution is 2.23. The van der Waals surface area contributed by atoms with Gasteiger partial charge in [-0.2, -0.15) is 0 Å². The molecule has 0 saturated carbocycles. The summed E-state index contributed by atoms with van der Waals surface area (Å²) in [6.45, 7) is -0.163. The molecule has 0 radical (unpaired) electrons. The summed E-state index contributed by atoms with van der Waals surface area (Å²) in [5.41, 5.74) is 1.38. The Labute approximate surface area is 181 Å². The van der Waals surface area contributed by atoms with Crippen LogP contribution in [0.25, 0.3) is 0 Å². The minimum Gasteiger partial charge on any atom is -0.481 e. The van der Waals surface area contributed by atoms with Crippen molar-refractivity contribution in [2.75, 3.05) is 13.1 Å². The molecule has 0 saturated heterocycles. The fourth-order valence-electron chi connectivity index (χ4n) is 3.30. The average molecular weight is 438 g/mol. The standard InChI is InChI=1S/2C11H9NO4/c2*13-9(14)5-6-12-10(15)7-3-1-2-4-8(7)11(12)16/h2*1-4H,5-6H2,(H,13,14). The van der Waals surface area contributed by atoms with E-state index in [-0.39, 0.29) is 25.9 Å². The molecule has 0 bridgehead atoms. The van der Waals surface area contributed by atoms with Gasteiger partial charge in [0.05, 0.1) is 35.1 Å². The zero-order valence-electron chi connectivity index (χ0n) is 16.7. The number of fused-ring (bicyclic) bond motifs is 2. The highest BCUT2D eigenvalue weighted by molar-refractivity contribution is 6.22. The number of carboxylic acids is 2. The van der Waals surface area contributed by atoms with Crippen LogP contribution >= 0.6 is 0 Å². The number of aliphatic carboxylic acids is 2. The number of hydrogen-bond donors (Lipinski definition) is 2. The molecule has 0 aliphatic carbocycles. The Balaban J connectivity index is 0.000000181. The number of carbonyl (C=O) groups excluding carboxylic acids is 4. The van der Waals surface area contributed by atoms with Crippen molar-refractivity contribution < 1.29 is 39.0 Å². The van der Waals surface area contributed by atoms with Crippen LogP contribution in [-0.2, 0) is 9.59 Å². The first-order valence-corrected chi connectivity index (χ1v) is 9.56. The van der Waals surface area contributed by atoms with Gasteiger partial charge in [0.1, 0.15) is 0 Å². The maximum atomic E-state index is 11.7. The second kappa shape index (κ2) is 9.21. The SMILES string of the molecule is O=C(O)CCN1C(=O)c2ccccc2C1=O.O=C(O)CCN1C(=O)c2ccccc2C1=O. The summed E-state index contributed by atoms with van der Waals surface area (Å²) >= 11 is 0. The minimum absolute atomic E-state index is 0.0817. The highest BCUT2D eigenvalue weighted by atomic mass is 16.4. The molecule has 0 aromatic heterocycles. The summed E-state index contributed by atoms with van der Waals surface area (Å²) in [7, 11) is 0. The van der Waals surface area contributed by atoms with Gasteiger partial charge in [-0.25, -0.2) is 0 Å². The fourth-order valence-corrected chi connectivity index (χ4v) is 3.30. The number of nitrogens with zero attached hydrogens (tertiary/aromatic N) is 2. The molecule has 2 aliphatic heterocycles. The van der Waals surface area contributed by atoms with Crippen molar-refractivity contribution in [1.29, 1.82) is 0 Å². The van der Waals surface area contributed by atoms with Gasteiger partial charge in [-0.3, -0.25) is 38.6 Å². The third-order valence-corrected chi connectivity index (χ3v) is 4.85. The normalized spacial score (nSPS) is 14.1. The molecule has 2 aliphatic rings. The van der Waals surface area contributed by atoms with Gasteiger partial charge in [-0.15, -0.1) is 0 Å². The van der Waals surface area contributed by atoms with Crippen LogP contribution in [0.4, 0.5) is 0 Å². The molecule has 10 heteroatoms. The minimum atomic E-state index is -1.03. The Bertz CT molecular complexity index is 981. The van der Waals surface area contributed by atoms with E-state index in [0.717, 1.165) is 9.80 Å². The lowest BCUT2D eigenvalue weighted by molar-refractivity contribution is -0.138. The van der Waals surface area contributed by atoms with Crippen LogP contribution in [0.2, 0.25) is 0 Å². The maximum absolute atomic E-state index is 11.7. The monoisotopic (exact) mass is 438 g/mol. The summed E-state index contributed by atoms with van der Waals surface area (Å²) in [6, 6.07) is 12.9. The van der Waals surface area contributed by atoms with Crippen molar-refractivity contribution in [2.45, 2.75) is 12.8 Å². The van der Waals surface area contributed by atoms with Gasteiger partial charge in [-0.05, 0) is 24.3 Å². The van der Waals surface area contributed by atoms with E-state index in [1.807, 2.05) is 0 Å². The molecular formula is C22H18N2O8. The molecule has 4 amide bonds. The lowest BCUT2D eigenvalue weighted by Gasteiger charge is -2.11. The van der Waals surface area contributed by atoms with Crippen LogP contribution in [-0.4, -0.2) is 68.7 Å². The molecule has 0 atom stereocenters. The van der Waals surface area contributed by atoms with Gasteiger partial charge < -0.3 is 10.2 Å². The van der Waals surface area contributed by atoms with E-state index in [1.165, 1.54) is 0 Å². The number of imide groups is 2. The van der Waals surface area contributed by atoms with Gasteiger partial charge >= 0.3 is 11.9 Å². The summed E-state index contributed by atoms with van der Waals surface area (Å²) < 4.78 is 0. The fraction of sp³-hybridized carbons (Fsp3) is 0.182. The van der Waals surface area contributed by atoms with E-state index in [2.05, 4.69) is 0 Å². The van der Waals surface area contributed by atoms with Crippen LogP contribution < -0.4 is 0 Å². The van der Waals surface area contributed by atoms with E-state index in [0.29, 0.717) is 22.3 Å². The summed E-state index contributed by atoms with van der Waals surface area (Å²) in [4.78, 5) is 69.7. The summed E-state index contributed by atoms with van der Waals surface area (Å²) in [5, 5.41) is 17.0. The molecule has 164 valence electrons. The van der Waals surface area contributed by atoms with Gasteiger partial charge in [0.2, 0.25) is 0 Å². The third kappa shape index (κ3) is 4.38. The largest absolute Gasteiger partial charge is 0.481 e. The van der Waals surface area contributed by atoms with E-state index >= 15 is 0 Å². The number of amides is 4. The molecule has 2 aromatic rings. The Morgan fingerprint density at radius 2 is 0.812 bits per heavy atom. The molecule has 0 spiro atoms. The third-order valence-electron chi connectivity index (χ3n) is 4.85. The van der Waals surface area contributed by atoms with Crippen molar-refractivity contribution in [3.05, 3.63) is 70.8 Å². The molecule has 4 rings (SSSR count). The quantitative estimate of drug-likeness (QED) is 0.645. The van der Waals surface area contributed by atoms with Gasteiger partial charge in [0.25, 0.3) is 23.6 Å². The molecule has 0 unspecified atom stereocenters. The number of hydrogen-bond acceptors (Lipinski definition) is 6. The lowest BCUT2D eigenvalue weighted by atomic mass is 10.1. The number of carboxylic acid groups (broad SMARTS) is 2. The van der Waals surface area contributed by atoms with E-state index < -0.39 is 35.6 Å². The zero-order chi connectivity index (χ0) is 23.4. The molecule has 2 heterocycles. The lowest BCUT2D eigenvalue weighted by Crippen LogP contribution is -2.31. The van der Waals surface area contributed by atoms with Crippen LogP contribution in [0.1, 0.15) is 54.3 Å².